The lowest BCUT2D eigenvalue weighted by atomic mass is 10.2. The second-order valence-electron chi connectivity index (χ2n) is 5.10. The number of aryl methyl sites for hydroxylation is 1. The van der Waals surface area contributed by atoms with Gasteiger partial charge in [-0.1, -0.05) is 0 Å². The van der Waals surface area contributed by atoms with Crippen molar-refractivity contribution in [3.05, 3.63) is 23.5 Å². The maximum Gasteiger partial charge on any atom is 0.240 e. The number of nitrogens with one attached hydrogen (secondary N) is 2. The van der Waals surface area contributed by atoms with Crippen LogP contribution in [0.4, 0.5) is 10.1 Å². The summed E-state index contributed by atoms with van der Waals surface area (Å²) < 4.78 is 39.8. The van der Waals surface area contributed by atoms with E-state index >= 15 is 0 Å². The first-order chi connectivity index (χ1) is 9.81. The first-order valence-electron chi connectivity index (χ1n) is 6.64. The molecule has 0 unspecified atom stereocenters. The van der Waals surface area contributed by atoms with Crippen molar-refractivity contribution >= 4 is 21.6 Å². The van der Waals surface area contributed by atoms with E-state index in [2.05, 4.69) is 10.0 Å². The molecule has 2 rings (SSSR count). The summed E-state index contributed by atoms with van der Waals surface area (Å²) in [6.45, 7) is 1.77. The molecule has 0 atom stereocenters. The van der Waals surface area contributed by atoms with Crippen LogP contribution in [-0.2, 0) is 14.8 Å². The Morgan fingerprint density at radius 3 is 2.67 bits per heavy atom. The van der Waals surface area contributed by atoms with Crippen molar-refractivity contribution in [2.45, 2.75) is 24.7 Å². The summed E-state index contributed by atoms with van der Waals surface area (Å²) in [7, 11) is -3.78. The van der Waals surface area contributed by atoms with Gasteiger partial charge in [-0.15, -0.1) is 0 Å². The third-order valence-corrected chi connectivity index (χ3v) is 4.85. The van der Waals surface area contributed by atoms with Crippen LogP contribution in [0, 0.1) is 18.7 Å². The monoisotopic (exact) mass is 315 g/mol. The molecule has 1 aliphatic rings. The number of nitrogen functional groups attached to an aromatic ring is 1. The van der Waals surface area contributed by atoms with E-state index in [0.29, 0.717) is 0 Å². The SMILES string of the molecule is Cc1cc(F)c(N)cc1S(=O)(=O)NCCNC(=O)C1CC1. The Morgan fingerprint density at radius 2 is 2.05 bits per heavy atom. The first kappa shape index (κ1) is 15.7. The van der Waals surface area contributed by atoms with E-state index in [0.717, 1.165) is 25.0 Å². The predicted octanol–water partition coefficient (Wildman–Crippen LogP) is 0.521. The molecular formula is C13H18FN3O3S. The fraction of sp³-hybridized carbons (Fsp3) is 0.462. The first-order valence-corrected chi connectivity index (χ1v) is 8.12. The van der Waals surface area contributed by atoms with Crippen LogP contribution < -0.4 is 15.8 Å². The van der Waals surface area contributed by atoms with Gasteiger partial charge in [0, 0.05) is 19.0 Å². The molecule has 0 spiro atoms. The average Bonchev–Trinajstić information content (AvgIpc) is 3.23. The molecule has 4 N–H and O–H groups in total. The molecule has 0 heterocycles. The number of sulfonamides is 1. The molecule has 116 valence electrons. The van der Waals surface area contributed by atoms with E-state index in [1.165, 1.54) is 6.92 Å². The van der Waals surface area contributed by atoms with Crippen LogP contribution in [0.1, 0.15) is 18.4 Å². The normalized spacial score (nSPS) is 15.0. The van der Waals surface area contributed by atoms with Crippen LogP contribution in [-0.4, -0.2) is 27.4 Å². The molecule has 1 saturated carbocycles. The van der Waals surface area contributed by atoms with Crippen LogP contribution >= 0.6 is 0 Å². The number of nitrogens with two attached hydrogens (primary N) is 1. The lowest BCUT2D eigenvalue weighted by Gasteiger charge is -2.11. The summed E-state index contributed by atoms with van der Waals surface area (Å²) in [5.74, 6) is -0.611. The van der Waals surface area contributed by atoms with Crippen molar-refractivity contribution in [2.24, 2.45) is 5.92 Å². The van der Waals surface area contributed by atoms with Gasteiger partial charge < -0.3 is 11.1 Å². The van der Waals surface area contributed by atoms with Gasteiger partial charge in [0.1, 0.15) is 5.82 Å². The molecule has 0 radical (unpaired) electrons. The van der Waals surface area contributed by atoms with Crippen LogP contribution in [0.5, 0.6) is 0 Å². The fourth-order valence-corrected chi connectivity index (χ4v) is 3.19. The van der Waals surface area contributed by atoms with Crippen molar-refractivity contribution in [2.75, 3.05) is 18.8 Å². The summed E-state index contributed by atoms with van der Waals surface area (Å²) in [5.41, 5.74) is 5.45. The standard InChI is InChI=1S/C13H18FN3O3S/c1-8-6-10(14)11(15)7-12(8)21(19,20)17-5-4-16-13(18)9-2-3-9/h6-7,9,17H,2-5,15H2,1H3,(H,16,18). The number of carbonyl (C=O) groups excluding carboxylic acids is 1. The maximum absolute atomic E-state index is 13.2. The number of hydrogen-bond acceptors (Lipinski definition) is 4. The molecule has 8 heteroatoms. The highest BCUT2D eigenvalue weighted by molar-refractivity contribution is 7.89. The smallest absolute Gasteiger partial charge is 0.240 e. The van der Waals surface area contributed by atoms with Crippen LogP contribution in [0.15, 0.2) is 17.0 Å². The summed E-state index contributed by atoms with van der Waals surface area (Å²) in [6.07, 6.45) is 1.79. The minimum atomic E-state index is -3.78. The van der Waals surface area contributed by atoms with E-state index in [-0.39, 0.29) is 41.1 Å². The largest absolute Gasteiger partial charge is 0.396 e. The number of hydrogen-bond donors (Lipinski definition) is 3. The Hall–Kier alpha value is -1.67. The molecule has 0 aliphatic heterocycles. The van der Waals surface area contributed by atoms with Gasteiger partial charge in [0.05, 0.1) is 10.6 Å². The molecule has 0 bridgehead atoms. The third kappa shape index (κ3) is 3.92. The summed E-state index contributed by atoms with van der Waals surface area (Å²) in [5, 5.41) is 2.65. The van der Waals surface area contributed by atoms with Crippen molar-refractivity contribution in [3.8, 4) is 0 Å². The molecule has 21 heavy (non-hydrogen) atoms. The zero-order chi connectivity index (χ0) is 15.6. The van der Waals surface area contributed by atoms with Gasteiger partial charge >= 0.3 is 0 Å². The van der Waals surface area contributed by atoms with Gasteiger partial charge in [0.25, 0.3) is 0 Å². The van der Waals surface area contributed by atoms with E-state index in [4.69, 9.17) is 5.73 Å². The number of rotatable bonds is 6. The minimum absolute atomic E-state index is 0.0450. The number of benzene rings is 1. The highest BCUT2D eigenvalue weighted by Gasteiger charge is 2.29. The second kappa shape index (κ2) is 5.98. The number of amides is 1. The van der Waals surface area contributed by atoms with E-state index in [1.54, 1.807) is 0 Å². The van der Waals surface area contributed by atoms with E-state index < -0.39 is 15.8 Å². The topological polar surface area (TPSA) is 101 Å². The van der Waals surface area contributed by atoms with E-state index in [1.807, 2.05) is 0 Å². The van der Waals surface area contributed by atoms with Crippen molar-refractivity contribution in [1.29, 1.82) is 0 Å². The summed E-state index contributed by atoms with van der Waals surface area (Å²) in [6, 6.07) is 2.18. The maximum atomic E-state index is 13.2. The average molecular weight is 315 g/mol. The Bertz CT molecular complexity index is 657. The highest BCUT2D eigenvalue weighted by Crippen LogP contribution is 2.28. The number of carbonyl (C=O) groups is 1. The van der Waals surface area contributed by atoms with Crippen LogP contribution in [0.2, 0.25) is 0 Å². The Morgan fingerprint density at radius 1 is 1.38 bits per heavy atom. The van der Waals surface area contributed by atoms with Gasteiger partial charge in [-0.2, -0.15) is 0 Å². The van der Waals surface area contributed by atoms with Crippen molar-refractivity contribution < 1.29 is 17.6 Å². The molecule has 1 aliphatic carbocycles. The zero-order valence-corrected chi connectivity index (χ0v) is 12.5. The van der Waals surface area contributed by atoms with E-state index in [9.17, 15) is 17.6 Å². The lowest BCUT2D eigenvalue weighted by Crippen LogP contribution is -2.35. The predicted molar refractivity (Wildman–Crippen MR) is 76.5 cm³/mol. The molecule has 6 nitrogen and oxygen atoms in total. The van der Waals surface area contributed by atoms with Gasteiger partial charge in [-0.25, -0.2) is 17.5 Å². The van der Waals surface area contributed by atoms with Crippen molar-refractivity contribution in [3.63, 3.8) is 0 Å². The molecule has 1 aromatic carbocycles. The Kier molecular flexibility index (Phi) is 4.48. The second-order valence-corrected chi connectivity index (χ2v) is 6.84. The van der Waals surface area contributed by atoms with Crippen molar-refractivity contribution in [1.82, 2.24) is 10.0 Å². The molecule has 0 saturated heterocycles. The number of anilines is 1. The highest BCUT2D eigenvalue weighted by atomic mass is 32.2. The Labute approximate surface area is 123 Å². The summed E-state index contributed by atoms with van der Waals surface area (Å²) in [4.78, 5) is 11.3. The zero-order valence-electron chi connectivity index (χ0n) is 11.6. The quantitative estimate of drug-likeness (QED) is 0.526. The number of halogens is 1. The fourth-order valence-electron chi connectivity index (χ4n) is 1.90. The van der Waals surface area contributed by atoms with Gasteiger partial charge in [-0.05, 0) is 37.5 Å². The van der Waals surface area contributed by atoms with Gasteiger partial charge in [0.2, 0.25) is 15.9 Å². The van der Waals surface area contributed by atoms with Gasteiger partial charge in [-0.3, -0.25) is 4.79 Å². The molecule has 1 fully saturated rings. The minimum Gasteiger partial charge on any atom is -0.396 e. The third-order valence-electron chi connectivity index (χ3n) is 3.25. The lowest BCUT2D eigenvalue weighted by molar-refractivity contribution is -0.122. The summed E-state index contributed by atoms with van der Waals surface area (Å²) >= 11 is 0. The van der Waals surface area contributed by atoms with Crippen LogP contribution in [0.3, 0.4) is 0 Å². The Balaban J connectivity index is 1.95. The molecular weight excluding hydrogens is 297 g/mol. The van der Waals surface area contributed by atoms with Gasteiger partial charge in [0.15, 0.2) is 0 Å². The molecule has 0 aromatic heterocycles. The van der Waals surface area contributed by atoms with Crippen LogP contribution in [0.25, 0.3) is 0 Å². The molecule has 1 amide bonds. The molecule has 1 aromatic rings.